The minimum absolute atomic E-state index is 0.124. The van der Waals surface area contributed by atoms with Crippen molar-refractivity contribution in [3.63, 3.8) is 0 Å². The SMILES string of the molecule is CC(=O)N1Cc2cc(B3OC(C)(C)C(C)(C)O3)c(F)cc2C=Cc2ccc(Cl)cc21. The van der Waals surface area contributed by atoms with Gasteiger partial charge in [-0.3, -0.25) is 4.79 Å². The molecule has 2 aromatic rings. The Morgan fingerprint density at radius 3 is 2.33 bits per heavy atom. The Hall–Kier alpha value is -2.15. The molecule has 0 aromatic heterocycles. The summed E-state index contributed by atoms with van der Waals surface area (Å²) < 4.78 is 27.2. The van der Waals surface area contributed by atoms with Gasteiger partial charge in [-0.15, -0.1) is 0 Å². The van der Waals surface area contributed by atoms with Crippen LogP contribution in [-0.4, -0.2) is 24.2 Å². The summed E-state index contributed by atoms with van der Waals surface area (Å²) in [5.41, 5.74) is 2.26. The smallest absolute Gasteiger partial charge is 0.399 e. The third-order valence-electron chi connectivity index (χ3n) is 6.20. The maximum atomic E-state index is 15.1. The molecular formula is C23H24BClFNO3. The topological polar surface area (TPSA) is 38.8 Å². The fourth-order valence-electron chi connectivity index (χ4n) is 3.70. The summed E-state index contributed by atoms with van der Waals surface area (Å²) in [6.45, 7) is 9.52. The Labute approximate surface area is 181 Å². The standard InChI is InChI=1S/C23H24BClFNO3/c1-14(28)27-13-17-10-19(24-29-22(2,3)23(4,5)30-24)20(26)11-16(17)7-6-15-8-9-18(25)12-21(15)27/h6-12H,13H2,1-5H3. The lowest BCUT2D eigenvalue weighted by Crippen LogP contribution is -2.41. The second kappa shape index (κ2) is 7.22. The molecule has 7 heteroatoms. The van der Waals surface area contributed by atoms with Crippen molar-refractivity contribution in [2.75, 3.05) is 4.90 Å². The Balaban J connectivity index is 1.80. The van der Waals surface area contributed by atoms with E-state index in [1.807, 2.05) is 45.9 Å². The van der Waals surface area contributed by atoms with Crippen molar-refractivity contribution in [2.24, 2.45) is 0 Å². The first kappa shape index (κ1) is 21.1. The van der Waals surface area contributed by atoms with Crippen molar-refractivity contribution in [2.45, 2.75) is 52.4 Å². The number of benzene rings is 2. The Bertz CT molecular complexity index is 1050. The van der Waals surface area contributed by atoms with Crippen LogP contribution in [0.5, 0.6) is 0 Å². The summed E-state index contributed by atoms with van der Waals surface area (Å²) in [7, 11) is -0.817. The first-order chi connectivity index (χ1) is 14.0. The van der Waals surface area contributed by atoms with Gasteiger partial charge in [0, 0.05) is 17.4 Å². The first-order valence-corrected chi connectivity index (χ1v) is 10.3. The lowest BCUT2D eigenvalue weighted by molar-refractivity contribution is -0.116. The molecule has 4 rings (SSSR count). The first-order valence-electron chi connectivity index (χ1n) is 9.92. The number of hydrogen-bond donors (Lipinski definition) is 0. The zero-order chi connectivity index (χ0) is 21.8. The summed E-state index contributed by atoms with van der Waals surface area (Å²) in [6.07, 6.45) is 3.73. The van der Waals surface area contributed by atoms with Crippen molar-refractivity contribution in [1.29, 1.82) is 0 Å². The van der Waals surface area contributed by atoms with E-state index >= 15 is 4.39 Å². The van der Waals surface area contributed by atoms with Crippen LogP contribution >= 0.6 is 11.6 Å². The van der Waals surface area contributed by atoms with Crippen LogP contribution in [0.15, 0.2) is 30.3 Å². The van der Waals surface area contributed by atoms with Crippen molar-refractivity contribution >= 4 is 47.9 Å². The van der Waals surface area contributed by atoms with E-state index in [4.69, 9.17) is 20.9 Å². The Morgan fingerprint density at radius 2 is 1.70 bits per heavy atom. The molecule has 0 bridgehead atoms. The maximum absolute atomic E-state index is 15.1. The highest BCUT2D eigenvalue weighted by Gasteiger charge is 2.52. The summed E-state index contributed by atoms with van der Waals surface area (Å²) in [6, 6.07) is 8.61. The molecule has 0 aliphatic carbocycles. The second-order valence-electron chi connectivity index (χ2n) is 8.80. The zero-order valence-electron chi connectivity index (χ0n) is 17.8. The number of nitrogens with zero attached hydrogens (tertiary/aromatic N) is 1. The van der Waals surface area contributed by atoms with Gasteiger partial charge >= 0.3 is 7.12 Å². The molecule has 156 valence electrons. The van der Waals surface area contributed by atoms with Crippen LogP contribution in [0.25, 0.3) is 12.2 Å². The van der Waals surface area contributed by atoms with Gasteiger partial charge in [0.1, 0.15) is 5.82 Å². The molecule has 0 N–H and O–H groups in total. The Kier molecular flexibility index (Phi) is 5.08. The van der Waals surface area contributed by atoms with E-state index in [2.05, 4.69) is 0 Å². The molecule has 0 saturated carbocycles. The molecule has 0 spiro atoms. The molecule has 1 amide bonds. The van der Waals surface area contributed by atoms with Crippen LogP contribution in [0, 0.1) is 5.82 Å². The molecule has 1 saturated heterocycles. The minimum Gasteiger partial charge on any atom is -0.399 e. The van der Waals surface area contributed by atoms with E-state index in [0.29, 0.717) is 16.0 Å². The van der Waals surface area contributed by atoms with Gasteiger partial charge in [0.2, 0.25) is 5.91 Å². The molecule has 2 aromatic carbocycles. The van der Waals surface area contributed by atoms with Gasteiger partial charge in [0.05, 0.1) is 23.4 Å². The van der Waals surface area contributed by atoms with Crippen LogP contribution < -0.4 is 10.4 Å². The van der Waals surface area contributed by atoms with Crippen molar-refractivity contribution in [3.05, 3.63) is 57.9 Å². The lowest BCUT2D eigenvalue weighted by Gasteiger charge is -2.32. The van der Waals surface area contributed by atoms with E-state index in [1.165, 1.54) is 13.0 Å². The highest BCUT2D eigenvalue weighted by molar-refractivity contribution is 6.62. The largest absolute Gasteiger partial charge is 0.497 e. The number of amides is 1. The fourth-order valence-corrected chi connectivity index (χ4v) is 3.87. The van der Waals surface area contributed by atoms with Crippen LogP contribution in [-0.2, 0) is 20.6 Å². The number of fused-ring (bicyclic) bond motifs is 2. The van der Waals surface area contributed by atoms with Crippen molar-refractivity contribution in [3.8, 4) is 0 Å². The van der Waals surface area contributed by atoms with Gasteiger partial charge in [-0.2, -0.15) is 0 Å². The third kappa shape index (κ3) is 3.57. The average molecular weight is 428 g/mol. The molecule has 2 aliphatic heterocycles. The lowest BCUT2D eigenvalue weighted by atomic mass is 9.77. The van der Waals surface area contributed by atoms with Crippen LogP contribution in [0.1, 0.15) is 51.3 Å². The highest BCUT2D eigenvalue weighted by atomic mass is 35.5. The molecule has 0 radical (unpaired) electrons. The van der Waals surface area contributed by atoms with E-state index < -0.39 is 24.1 Å². The molecular weight excluding hydrogens is 404 g/mol. The van der Waals surface area contributed by atoms with Gasteiger partial charge in [-0.05, 0) is 62.6 Å². The summed E-state index contributed by atoms with van der Waals surface area (Å²) in [5, 5.41) is 0.547. The molecule has 4 nitrogen and oxygen atoms in total. The van der Waals surface area contributed by atoms with Gasteiger partial charge in [-0.25, -0.2) is 4.39 Å². The van der Waals surface area contributed by atoms with Crippen molar-refractivity contribution < 1.29 is 18.5 Å². The maximum Gasteiger partial charge on any atom is 0.497 e. The van der Waals surface area contributed by atoms with Crippen molar-refractivity contribution in [1.82, 2.24) is 0 Å². The van der Waals surface area contributed by atoms with E-state index in [-0.39, 0.29) is 12.5 Å². The molecule has 2 heterocycles. The highest BCUT2D eigenvalue weighted by Crippen LogP contribution is 2.37. The molecule has 2 aliphatic rings. The monoisotopic (exact) mass is 427 g/mol. The van der Waals surface area contributed by atoms with E-state index in [0.717, 1.165) is 16.8 Å². The average Bonchev–Trinajstić information content (AvgIpc) is 2.85. The number of anilines is 1. The van der Waals surface area contributed by atoms with Crippen LogP contribution in [0.2, 0.25) is 5.02 Å². The molecule has 0 unspecified atom stereocenters. The summed E-state index contributed by atoms with van der Waals surface area (Å²) in [5.74, 6) is -0.524. The molecule has 30 heavy (non-hydrogen) atoms. The van der Waals surface area contributed by atoms with Crippen LogP contribution in [0.4, 0.5) is 10.1 Å². The number of rotatable bonds is 1. The minimum atomic E-state index is -0.817. The summed E-state index contributed by atoms with van der Waals surface area (Å²) >= 11 is 6.18. The van der Waals surface area contributed by atoms with Gasteiger partial charge < -0.3 is 14.2 Å². The van der Waals surface area contributed by atoms with E-state index in [9.17, 15) is 4.79 Å². The summed E-state index contributed by atoms with van der Waals surface area (Å²) in [4.78, 5) is 14.1. The second-order valence-corrected chi connectivity index (χ2v) is 9.24. The van der Waals surface area contributed by atoms with Gasteiger partial charge in [0.15, 0.2) is 0 Å². The molecule has 1 fully saturated rings. The zero-order valence-corrected chi connectivity index (χ0v) is 18.5. The number of carbonyl (C=O) groups excluding carboxylic acids is 1. The number of halogens is 2. The van der Waals surface area contributed by atoms with Gasteiger partial charge in [0.25, 0.3) is 0 Å². The predicted molar refractivity (Wildman–Crippen MR) is 119 cm³/mol. The normalized spacial score (nSPS) is 19.2. The van der Waals surface area contributed by atoms with E-state index in [1.54, 1.807) is 23.1 Å². The van der Waals surface area contributed by atoms with Gasteiger partial charge in [-0.1, -0.05) is 35.9 Å². The van der Waals surface area contributed by atoms with Crippen LogP contribution in [0.3, 0.4) is 0 Å². The Morgan fingerprint density at radius 1 is 1.07 bits per heavy atom. The number of carbonyl (C=O) groups is 1. The predicted octanol–water partition coefficient (Wildman–Crippen LogP) is 4.82. The molecule has 0 atom stereocenters. The quantitative estimate of drug-likeness (QED) is 0.613. The number of hydrogen-bond acceptors (Lipinski definition) is 3. The fraction of sp³-hybridized carbons (Fsp3) is 0.348. The third-order valence-corrected chi connectivity index (χ3v) is 6.44.